The van der Waals surface area contributed by atoms with Crippen LogP contribution in [0.5, 0.6) is 0 Å². The molecule has 1 aliphatic carbocycles. The van der Waals surface area contributed by atoms with Crippen molar-refractivity contribution in [3.63, 3.8) is 0 Å². The minimum absolute atomic E-state index is 0.197. The highest BCUT2D eigenvalue weighted by Gasteiger charge is 2.27. The summed E-state index contributed by atoms with van der Waals surface area (Å²) in [5.41, 5.74) is 0. The number of hydrogen-bond donors (Lipinski definition) is 2. The molecule has 0 bridgehead atoms. The van der Waals surface area contributed by atoms with E-state index in [1.807, 2.05) is 24.3 Å². The van der Waals surface area contributed by atoms with Crippen LogP contribution >= 0.6 is 0 Å². The quantitative estimate of drug-likeness (QED) is 0.898. The average Bonchev–Trinajstić information content (AvgIpc) is 2.48. The predicted octanol–water partition coefficient (Wildman–Crippen LogP) is 3.29. The molecule has 3 rings (SSSR count). The van der Waals surface area contributed by atoms with Crippen LogP contribution in [0.4, 0.5) is 5.82 Å². The van der Waals surface area contributed by atoms with Gasteiger partial charge in [-0.05, 0) is 30.7 Å². The number of nitrogens with one attached hydrogen (secondary N) is 1. The molecule has 2 atom stereocenters. The monoisotopic (exact) mass is 270 g/mol. The van der Waals surface area contributed by atoms with Crippen LogP contribution in [0.3, 0.4) is 0 Å². The number of rotatable bonds is 3. The molecule has 1 fully saturated rings. The number of aromatic nitrogens is 1. The summed E-state index contributed by atoms with van der Waals surface area (Å²) in [5, 5.41) is 14.8. The number of hydrogen-bond acceptors (Lipinski definition) is 3. The van der Waals surface area contributed by atoms with E-state index in [0.29, 0.717) is 6.42 Å². The fourth-order valence-corrected chi connectivity index (χ4v) is 2.97. The Morgan fingerprint density at radius 2 is 2.10 bits per heavy atom. The molecular weight excluding hydrogens is 252 g/mol. The van der Waals surface area contributed by atoms with Gasteiger partial charge >= 0.3 is 5.97 Å². The second kappa shape index (κ2) is 5.49. The van der Waals surface area contributed by atoms with E-state index in [1.54, 1.807) is 6.20 Å². The Hall–Kier alpha value is -2.10. The van der Waals surface area contributed by atoms with E-state index in [-0.39, 0.29) is 12.0 Å². The summed E-state index contributed by atoms with van der Waals surface area (Å²) < 4.78 is 0. The van der Waals surface area contributed by atoms with Crippen molar-refractivity contribution in [1.82, 2.24) is 4.98 Å². The number of benzene rings is 1. The third kappa shape index (κ3) is 2.59. The summed E-state index contributed by atoms with van der Waals surface area (Å²) >= 11 is 0. The Morgan fingerprint density at radius 3 is 2.95 bits per heavy atom. The Balaban J connectivity index is 1.81. The first-order chi connectivity index (χ1) is 9.74. The molecule has 1 aromatic heterocycles. The molecule has 20 heavy (non-hydrogen) atoms. The molecule has 4 heteroatoms. The van der Waals surface area contributed by atoms with Crippen molar-refractivity contribution in [2.24, 2.45) is 5.92 Å². The first-order valence-corrected chi connectivity index (χ1v) is 7.07. The normalized spacial score (nSPS) is 22.6. The highest BCUT2D eigenvalue weighted by molar-refractivity contribution is 5.91. The maximum Gasteiger partial charge on any atom is 0.306 e. The highest BCUT2D eigenvalue weighted by Crippen LogP contribution is 2.28. The smallest absolute Gasteiger partial charge is 0.306 e. The van der Waals surface area contributed by atoms with Gasteiger partial charge in [0.1, 0.15) is 5.82 Å². The molecule has 2 N–H and O–H groups in total. The van der Waals surface area contributed by atoms with Crippen LogP contribution in [0.2, 0.25) is 0 Å². The lowest BCUT2D eigenvalue weighted by atomic mass is 9.86. The van der Waals surface area contributed by atoms with Crippen LogP contribution in [0.25, 0.3) is 10.8 Å². The van der Waals surface area contributed by atoms with E-state index in [0.717, 1.165) is 35.9 Å². The summed E-state index contributed by atoms with van der Waals surface area (Å²) in [6.07, 6.45) is 5.23. The summed E-state index contributed by atoms with van der Waals surface area (Å²) in [7, 11) is 0. The van der Waals surface area contributed by atoms with E-state index in [4.69, 9.17) is 5.11 Å². The first-order valence-electron chi connectivity index (χ1n) is 7.07. The molecule has 1 heterocycles. The fraction of sp³-hybridized carbons (Fsp3) is 0.375. The molecule has 2 aromatic rings. The summed E-state index contributed by atoms with van der Waals surface area (Å²) in [6.45, 7) is 0. The van der Waals surface area contributed by atoms with E-state index < -0.39 is 5.97 Å². The third-order valence-corrected chi connectivity index (χ3v) is 4.04. The Bertz CT molecular complexity index is 621. The van der Waals surface area contributed by atoms with Crippen molar-refractivity contribution in [2.75, 3.05) is 5.32 Å². The Morgan fingerprint density at radius 1 is 1.25 bits per heavy atom. The zero-order valence-electron chi connectivity index (χ0n) is 11.2. The molecule has 0 radical (unpaired) electrons. The van der Waals surface area contributed by atoms with Crippen molar-refractivity contribution in [3.8, 4) is 0 Å². The molecular formula is C16H18N2O2. The maximum atomic E-state index is 11.1. The van der Waals surface area contributed by atoms with Crippen LogP contribution < -0.4 is 5.32 Å². The number of fused-ring (bicyclic) bond motifs is 1. The molecule has 1 aliphatic rings. The molecule has 0 spiro atoms. The predicted molar refractivity (Wildman–Crippen MR) is 78.7 cm³/mol. The van der Waals surface area contributed by atoms with Gasteiger partial charge in [-0.25, -0.2) is 4.98 Å². The van der Waals surface area contributed by atoms with Crippen LogP contribution in [-0.2, 0) is 4.79 Å². The van der Waals surface area contributed by atoms with E-state index in [9.17, 15) is 4.79 Å². The minimum Gasteiger partial charge on any atom is -0.481 e. The van der Waals surface area contributed by atoms with Gasteiger partial charge in [-0.1, -0.05) is 30.7 Å². The summed E-state index contributed by atoms with van der Waals surface area (Å²) in [5.74, 6) is -0.0438. The fourth-order valence-electron chi connectivity index (χ4n) is 2.97. The van der Waals surface area contributed by atoms with Crippen molar-refractivity contribution in [1.29, 1.82) is 0 Å². The van der Waals surface area contributed by atoms with E-state index in [1.165, 1.54) is 0 Å². The number of anilines is 1. The third-order valence-electron chi connectivity index (χ3n) is 4.04. The average molecular weight is 270 g/mol. The number of carbonyl (C=O) groups is 1. The van der Waals surface area contributed by atoms with E-state index >= 15 is 0 Å². The zero-order chi connectivity index (χ0) is 13.9. The maximum absolute atomic E-state index is 11.1. The number of carboxylic acid groups (broad SMARTS) is 1. The molecule has 0 amide bonds. The van der Waals surface area contributed by atoms with Crippen LogP contribution in [-0.4, -0.2) is 22.1 Å². The van der Waals surface area contributed by atoms with Gasteiger partial charge in [-0.3, -0.25) is 4.79 Å². The van der Waals surface area contributed by atoms with Crippen LogP contribution in [0.15, 0.2) is 36.5 Å². The van der Waals surface area contributed by atoms with Gasteiger partial charge in [0.2, 0.25) is 0 Å². The van der Waals surface area contributed by atoms with Crippen LogP contribution in [0.1, 0.15) is 25.7 Å². The number of nitrogens with zero attached hydrogens (tertiary/aromatic N) is 1. The lowest BCUT2D eigenvalue weighted by Crippen LogP contribution is -2.31. The van der Waals surface area contributed by atoms with Gasteiger partial charge in [0.15, 0.2) is 0 Å². The second-order valence-electron chi connectivity index (χ2n) is 5.42. The van der Waals surface area contributed by atoms with Gasteiger partial charge in [-0.2, -0.15) is 0 Å². The van der Waals surface area contributed by atoms with Crippen molar-refractivity contribution in [2.45, 2.75) is 31.7 Å². The minimum atomic E-state index is -0.678. The van der Waals surface area contributed by atoms with Crippen molar-refractivity contribution in [3.05, 3.63) is 36.5 Å². The topological polar surface area (TPSA) is 62.2 Å². The van der Waals surface area contributed by atoms with Crippen LogP contribution in [0, 0.1) is 5.92 Å². The van der Waals surface area contributed by atoms with Crippen molar-refractivity contribution < 1.29 is 9.90 Å². The summed E-state index contributed by atoms with van der Waals surface area (Å²) in [6, 6.07) is 10.3. The zero-order valence-corrected chi connectivity index (χ0v) is 11.2. The molecule has 1 saturated carbocycles. The molecule has 4 nitrogen and oxygen atoms in total. The highest BCUT2D eigenvalue weighted by atomic mass is 16.4. The van der Waals surface area contributed by atoms with Gasteiger partial charge in [-0.15, -0.1) is 0 Å². The molecule has 2 unspecified atom stereocenters. The number of pyridine rings is 1. The first kappa shape index (κ1) is 12.9. The van der Waals surface area contributed by atoms with Gasteiger partial charge in [0.05, 0.1) is 5.92 Å². The lowest BCUT2D eigenvalue weighted by molar-refractivity contribution is -0.142. The lowest BCUT2D eigenvalue weighted by Gasteiger charge is -2.28. The molecule has 0 saturated heterocycles. The second-order valence-corrected chi connectivity index (χ2v) is 5.42. The molecule has 104 valence electrons. The molecule has 1 aromatic carbocycles. The van der Waals surface area contributed by atoms with Gasteiger partial charge < -0.3 is 10.4 Å². The Labute approximate surface area is 117 Å². The Kier molecular flexibility index (Phi) is 3.54. The number of aliphatic carboxylic acids is 1. The van der Waals surface area contributed by atoms with Crippen molar-refractivity contribution >= 4 is 22.6 Å². The number of carboxylic acids is 1. The van der Waals surface area contributed by atoms with Gasteiger partial charge in [0.25, 0.3) is 0 Å². The SMILES string of the molecule is O=C(O)C1CCCC(Nc2nccc3ccccc23)C1. The summed E-state index contributed by atoms with van der Waals surface area (Å²) in [4.78, 5) is 15.5. The molecule has 0 aliphatic heterocycles. The van der Waals surface area contributed by atoms with E-state index in [2.05, 4.69) is 16.4 Å². The van der Waals surface area contributed by atoms with Gasteiger partial charge in [0, 0.05) is 17.6 Å². The largest absolute Gasteiger partial charge is 0.481 e. The standard InChI is InChI=1S/C16H18N2O2/c19-16(20)12-5-3-6-13(10-12)18-15-14-7-2-1-4-11(14)8-9-17-15/h1-2,4,7-9,12-13H,3,5-6,10H2,(H,17,18)(H,19,20).